The van der Waals surface area contributed by atoms with Gasteiger partial charge in [0, 0.05) is 35.6 Å². The van der Waals surface area contributed by atoms with Crippen molar-refractivity contribution in [3.8, 4) is 45.5 Å². The number of hydrogen-bond donors (Lipinski definition) is 0. The summed E-state index contributed by atoms with van der Waals surface area (Å²) in [6.45, 7) is 0. The number of hydrogen-bond acceptors (Lipinski definition) is 4. The molecule has 2 heterocycles. The van der Waals surface area contributed by atoms with Gasteiger partial charge in [0.1, 0.15) is 6.07 Å². The molecule has 0 amide bonds. The molecular weight excluding hydrogens is 549 g/mol. The van der Waals surface area contributed by atoms with Crippen LogP contribution < -0.4 is 0 Å². The quantitative estimate of drug-likeness (QED) is 0.213. The molecule has 6 aromatic carbocycles. The summed E-state index contributed by atoms with van der Waals surface area (Å²) in [6, 6.07) is 47.0. The summed E-state index contributed by atoms with van der Waals surface area (Å²) in [7, 11) is 0. The lowest BCUT2D eigenvalue weighted by Gasteiger charge is -2.12. The van der Waals surface area contributed by atoms with Gasteiger partial charge < -0.3 is 0 Å². The Morgan fingerprint density at radius 1 is 0.405 bits per heavy atom. The minimum Gasteiger partial charge on any atom is -0.192 e. The molecule has 0 N–H and O–H groups in total. The molecule has 0 aliphatic rings. The largest absolute Gasteiger partial charge is 0.192 e. The predicted octanol–water partition coefficient (Wildman–Crippen LogP) is 11.2. The van der Waals surface area contributed by atoms with Gasteiger partial charge >= 0.3 is 0 Å². The first-order valence-corrected chi connectivity index (χ1v) is 15.3. The molecule has 2 nitrogen and oxygen atoms in total. The van der Waals surface area contributed by atoms with E-state index >= 15 is 0 Å². The van der Waals surface area contributed by atoms with Gasteiger partial charge in [0.25, 0.3) is 0 Å². The second-order valence-corrected chi connectivity index (χ2v) is 12.5. The van der Waals surface area contributed by atoms with E-state index in [-0.39, 0.29) is 0 Å². The Labute approximate surface area is 250 Å². The number of benzene rings is 6. The van der Waals surface area contributed by atoms with Crippen LogP contribution in [0, 0.1) is 22.7 Å². The van der Waals surface area contributed by atoms with E-state index in [2.05, 4.69) is 97.1 Å². The Hall–Kier alpha value is -5.26. The molecule has 0 atom stereocenters. The Bertz CT molecular complexity index is 2450. The zero-order chi connectivity index (χ0) is 28.2. The van der Waals surface area contributed by atoms with Crippen molar-refractivity contribution in [2.75, 3.05) is 0 Å². The summed E-state index contributed by atoms with van der Waals surface area (Å²) in [4.78, 5) is 0. The second-order valence-electron chi connectivity index (χ2n) is 10.4. The summed E-state index contributed by atoms with van der Waals surface area (Å²) >= 11 is 3.49. The van der Waals surface area contributed by atoms with Crippen molar-refractivity contribution in [2.45, 2.75) is 0 Å². The minimum atomic E-state index is 0.657. The average Bonchev–Trinajstić information content (AvgIpc) is 3.62. The molecule has 0 aliphatic carbocycles. The van der Waals surface area contributed by atoms with E-state index in [4.69, 9.17) is 0 Å². The van der Waals surface area contributed by atoms with Gasteiger partial charge in [-0.25, -0.2) is 0 Å². The lowest BCUT2D eigenvalue weighted by molar-refractivity contribution is 1.48. The number of fused-ring (bicyclic) bond motifs is 6. The van der Waals surface area contributed by atoms with Gasteiger partial charge in [0.05, 0.1) is 21.9 Å². The van der Waals surface area contributed by atoms with Gasteiger partial charge in [-0.3, -0.25) is 0 Å². The number of nitrogens with zero attached hydrogens (tertiary/aromatic N) is 2. The maximum atomic E-state index is 9.90. The zero-order valence-electron chi connectivity index (χ0n) is 22.3. The Morgan fingerprint density at radius 3 is 1.74 bits per heavy atom. The molecule has 42 heavy (non-hydrogen) atoms. The van der Waals surface area contributed by atoms with E-state index in [1.165, 1.54) is 20.2 Å². The first-order valence-electron chi connectivity index (χ1n) is 13.6. The van der Waals surface area contributed by atoms with Crippen molar-refractivity contribution >= 4 is 63.0 Å². The van der Waals surface area contributed by atoms with E-state index < -0.39 is 0 Å². The van der Waals surface area contributed by atoms with Crippen molar-refractivity contribution in [1.82, 2.24) is 0 Å². The van der Waals surface area contributed by atoms with Crippen molar-refractivity contribution < 1.29 is 0 Å². The SMILES string of the molecule is N#Cc1ccccc1-c1cc(-c2ccc3c(c2)sc2ccccc23)cc(-c2ccc3c(c2)sc2c(C#N)cccc23)c1. The molecule has 2 aromatic heterocycles. The van der Waals surface area contributed by atoms with Crippen molar-refractivity contribution in [3.63, 3.8) is 0 Å². The van der Waals surface area contributed by atoms with Gasteiger partial charge in [-0.1, -0.05) is 72.8 Å². The Balaban J connectivity index is 1.35. The molecule has 8 rings (SSSR count). The average molecular weight is 569 g/mol. The van der Waals surface area contributed by atoms with E-state index in [1.807, 2.05) is 47.7 Å². The second kappa shape index (κ2) is 9.68. The highest BCUT2D eigenvalue weighted by Gasteiger charge is 2.14. The van der Waals surface area contributed by atoms with Crippen LogP contribution in [0.3, 0.4) is 0 Å². The molecule has 0 saturated heterocycles. The first kappa shape index (κ1) is 24.5. The summed E-state index contributed by atoms with van der Waals surface area (Å²) in [5.74, 6) is 0. The highest BCUT2D eigenvalue weighted by atomic mass is 32.1. The number of rotatable bonds is 3. The van der Waals surface area contributed by atoms with Crippen LogP contribution in [0.5, 0.6) is 0 Å². The first-order chi connectivity index (χ1) is 20.7. The molecule has 4 heteroatoms. The van der Waals surface area contributed by atoms with E-state index in [1.54, 1.807) is 11.3 Å². The fourth-order valence-electron chi connectivity index (χ4n) is 5.92. The number of nitriles is 2. The molecule has 0 spiro atoms. The molecule has 0 fully saturated rings. The van der Waals surface area contributed by atoms with Crippen LogP contribution >= 0.6 is 22.7 Å². The third-order valence-electron chi connectivity index (χ3n) is 7.96. The van der Waals surface area contributed by atoms with Gasteiger partial charge in [-0.05, 0) is 81.9 Å². The summed E-state index contributed by atoms with van der Waals surface area (Å²) in [6.07, 6.45) is 0. The molecule has 0 radical (unpaired) electrons. The van der Waals surface area contributed by atoms with E-state index in [0.29, 0.717) is 11.1 Å². The topological polar surface area (TPSA) is 47.6 Å². The van der Waals surface area contributed by atoms with Gasteiger partial charge in [0.15, 0.2) is 0 Å². The lowest BCUT2D eigenvalue weighted by atomic mass is 9.91. The van der Waals surface area contributed by atoms with Crippen LogP contribution in [0.2, 0.25) is 0 Å². The van der Waals surface area contributed by atoms with Crippen molar-refractivity contribution in [2.24, 2.45) is 0 Å². The van der Waals surface area contributed by atoms with Crippen LogP contribution in [0.25, 0.3) is 73.7 Å². The third kappa shape index (κ3) is 3.90. The van der Waals surface area contributed by atoms with Crippen LogP contribution in [0.4, 0.5) is 0 Å². The van der Waals surface area contributed by atoms with Gasteiger partial charge in [-0.15, -0.1) is 22.7 Å². The lowest BCUT2D eigenvalue weighted by Crippen LogP contribution is -1.88. The zero-order valence-corrected chi connectivity index (χ0v) is 23.9. The maximum Gasteiger partial charge on any atom is 0.101 e. The standard InChI is InChI=1S/C38H20N2S2/c39-21-25-6-1-2-8-30(25)29-17-27(23-12-14-32-31-9-3-4-11-35(31)41-36(32)19-23)16-28(18-29)24-13-15-33-34-10-5-7-26(22-40)38(34)42-37(33)20-24/h1-20H. The summed E-state index contributed by atoms with van der Waals surface area (Å²) < 4.78 is 4.73. The molecule has 0 unspecified atom stereocenters. The van der Waals surface area contributed by atoms with Crippen molar-refractivity contribution in [3.05, 3.63) is 132 Å². The van der Waals surface area contributed by atoms with Crippen LogP contribution in [-0.4, -0.2) is 0 Å². The van der Waals surface area contributed by atoms with E-state index in [9.17, 15) is 10.5 Å². The number of thiophene rings is 2. The van der Waals surface area contributed by atoms with Crippen LogP contribution in [-0.2, 0) is 0 Å². The normalized spacial score (nSPS) is 11.3. The van der Waals surface area contributed by atoms with E-state index in [0.717, 1.165) is 53.6 Å². The predicted molar refractivity (Wildman–Crippen MR) is 178 cm³/mol. The Kier molecular flexibility index (Phi) is 5.66. The minimum absolute atomic E-state index is 0.657. The fourth-order valence-corrected chi connectivity index (χ4v) is 8.27. The fraction of sp³-hybridized carbons (Fsp3) is 0. The van der Waals surface area contributed by atoms with Crippen LogP contribution in [0.15, 0.2) is 121 Å². The van der Waals surface area contributed by atoms with Crippen LogP contribution in [0.1, 0.15) is 11.1 Å². The molecular formula is C38H20N2S2. The highest BCUT2D eigenvalue weighted by molar-refractivity contribution is 7.26. The highest BCUT2D eigenvalue weighted by Crippen LogP contribution is 2.41. The molecule has 0 bridgehead atoms. The molecule has 8 aromatic rings. The maximum absolute atomic E-state index is 9.90. The monoisotopic (exact) mass is 568 g/mol. The third-order valence-corrected chi connectivity index (χ3v) is 10.3. The Morgan fingerprint density at radius 2 is 0.976 bits per heavy atom. The summed E-state index contributed by atoms with van der Waals surface area (Å²) in [5, 5.41) is 24.4. The smallest absolute Gasteiger partial charge is 0.101 e. The molecule has 0 aliphatic heterocycles. The molecule has 194 valence electrons. The van der Waals surface area contributed by atoms with Crippen molar-refractivity contribution in [1.29, 1.82) is 10.5 Å². The van der Waals surface area contributed by atoms with Gasteiger partial charge in [-0.2, -0.15) is 10.5 Å². The van der Waals surface area contributed by atoms with Gasteiger partial charge in [0.2, 0.25) is 0 Å². The summed E-state index contributed by atoms with van der Waals surface area (Å²) in [5.41, 5.74) is 7.76. The molecule has 0 saturated carbocycles.